The van der Waals surface area contributed by atoms with Crippen molar-refractivity contribution in [1.29, 1.82) is 0 Å². The predicted molar refractivity (Wildman–Crippen MR) is 80.2 cm³/mol. The molecule has 1 saturated heterocycles. The van der Waals surface area contributed by atoms with Gasteiger partial charge in [0.15, 0.2) is 0 Å². The molecule has 19 heavy (non-hydrogen) atoms. The molecule has 1 aromatic carbocycles. The van der Waals surface area contributed by atoms with Gasteiger partial charge in [0, 0.05) is 43.3 Å². The molecule has 0 aromatic heterocycles. The largest absolute Gasteiger partial charge is 0.494 e. The van der Waals surface area contributed by atoms with Crippen molar-refractivity contribution in [3.05, 3.63) is 27.8 Å². The first kappa shape index (κ1) is 14.6. The van der Waals surface area contributed by atoms with Crippen LogP contribution < -0.4 is 10.1 Å². The number of aryl methyl sites for hydroxylation is 1. The second-order valence-corrected chi connectivity index (χ2v) is 5.45. The first-order valence-electron chi connectivity index (χ1n) is 6.98. The number of ether oxygens (including phenoxy) is 1. The van der Waals surface area contributed by atoms with Gasteiger partial charge in [0.25, 0.3) is 0 Å². The number of nitrogens with zero attached hydrogens (tertiary/aromatic N) is 1. The van der Waals surface area contributed by atoms with Crippen LogP contribution >= 0.6 is 11.6 Å². The summed E-state index contributed by atoms with van der Waals surface area (Å²) in [4.78, 5) is 2.45. The van der Waals surface area contributed by atoms with Gasteiger partial charge in [-0.2, -0.15) is 0 Å². The average Bonchev–Trinajstić information content (AvgIpc) is 2.42. The number of benzene rings is 1. The van der Waals surface area contributed by atoms with Crippen LogP contribution in [-0.2, 0) is 6.54 Å². The highest BCUT2D eigenvalue weighted by atomic mass is 35.5. The minimum atomic E-state index is 0.690. The molecule has 3 nitrogen and oxygen atoms in total. The van der Waals surface area contributed by atoms with Gasteiger partial charge in [-0.25, -0.2) is 0 Å². The molecule has 1 N–H and O–H groups in total. The Kier molecular flexibility index (Phi) is 5.08. The summed E-state index contributed by atoms with van der Waals surface area (Å²) in [7, 11) is 0. The van der Waals surface area contributed by atoms with Gasteiger partial charge in [-0.15, -0.1) is 0 Å². The minimum Gasteiger partial charge on any atom is -0.494 e. The van der Waals surface area contributed by atoms with Crippen LogP contribution in [0.1, 0.15) is 23.6 Å². The zero-order chi connectivity index (χ0) is 13.8. The second-order valence-electron chi connectivity index (χ2n) is 5.07. The van der Waals surface area contributed by atoms with Crippen LogP contribution in [0.2, 0.25) is 5.02 Å². The molecular formula is C15H23ClN2O. The molecule has 0 atom stereocenters. The molecule has 0 unspecified atom stereocenters. The Hall–Kier alpha value is -0.770. The molecule has 4 heteroatoms. The minimum absolute atomic E-state index is 0.690. The van der Waals surface area contributed by atoms with E-state index in [0.29, 0.717) is 6.61 Å². The first-order valence-corrected chi connectivity index (χ1v) is 7.35. The Bertz CT molecular complexity index is 442. The normalized spacial score (nSPS) is 16.6. The SMILES string of the molecule is CCOc1cc(C)c(Cl)c(C)c1CN1CCNCC1. The zero-order valence-corrected chi connectivity index (χ0v) is 12.8. The monoisotopic (exact) mass is 282 g/mol. The maximum absolute atomic E-state index is 6.39. The molecule has 1 aliphatic rings. The summed E-state index contributed by atoms with van der Waals surface area (Å²) in [5.74, 6) is 0.987. The Morgan fingerprint density at radius 3 is 2.63 bits per heavy atom. The molecule has 0 aliphatic carbocycles. The highest BCUT2D eigenvalue weighted by Gasteiger charge is 2.17. The van der Waals surface area contributed by atoms with E-state index in [0.717, 1.165) is 54.6 Å². The Balaban J connectivity index is 2.27. The van der Waals surface area contributed by atoms with Gasteiger partial charge in [0.2, 0.25) is 0 Å². The van der Waals surface area contributed by atoms with Crippen molar-refractivity contribution in [2.45, 2.75) is 27.3 Å². The average molecular weight is 283 g/mol. The maximum atomic E-state index is 6.39. The van der Waals surface area contributed by atoms with E-state index in [2.05, 4.69) is 23.2 Å². The van der Waals surface area contributed by atoms with Gasteiger partial charge < -0.3 is 10.1 Å². The Labute approximate surface area is 120 Å². The van der Waals surface area contributed by atoms with E-state index in [9.17, 15) is 0 Å². The van der Waals surface area contributed by atoms with E-state index in [-0.39, 0.29) is 0 Å². The molecule has 1 fully saturated rings. The lowest BCUT2D eigenvalue weighted by Crippen LogP contribution is -2.43. The molecule has 106 valence electrons. The van der Waals surface area contributed by atoms with E-state index >= 15 is 0 Å². The standard InChI is InChI=1S/C15H23ClN2O/c1-4-19-14-9-11(2)15(16)12(3)13(14)10-18-7-5-17-6-8-18/h9,17H,4-8,10H2,1-3H3. The van der Waals surface area contributed by atoms with Crippen LogP contribution in [0.3, 0.4) is 0 Å². The van der Waals surface area contributed by atoms with Crippen molar-refractivity contribution in [2.24, 2.45) is 0 Å². The van der Waals surface area contributed by atoms with Crippen molar-refractivity contribution >= 4 is 11.6 Å². The van der Waals surface area contributed by atoms with E-state index in [1.165, 1.54) is 5.56 Å². The summed E-state index contributed by atoms with van der Waals surface area (Å²) in [5.41, 5.74) is 3.48. The zero-order valence-electron chi connectivity index (χ0n) is 12.1. The van der Waals surface area contributed by atoms with Gasteiger partial charge >= 0.3 is 0 Å². The van der Waals surface area contributed by atoms with E-state index in [1.807, 2.05) is 13.8 Å². The fraction of sp³-hybridized carbons (Fsp3) is 0.600. The highest BCUT2D eigenvalue weighted by Crippen LogP contribution is 2.32. The van der Waals surface area contributed by atoms with Crippen LogP contribution in [0.25, 0.3) is 0 Å². The van der Waals surface area contributed by atoms with Gasteiger partial charge in [-0.3, -0.25) is 4.90 Å². The molecule has 0 saturated carbocycles. The molecule has 0 amide bonds. The van der Waals surface area contributed by atoms with E-state index < -0.39 is 0 Å². The van der Waals surface area contributed by atoms with Crippen molar-refractivity contribution in [1.82, 2.24) is 10.2 Å². The summed E-state index contributed by atoms with van der Waals surface area (Å²) in [5, 5.41) is 4.25. The third-order valence-electron chi connectivity index (χ3n) is 3.66. The molecule has 1 aromatic rings. The van der Waals surface area contributed by atoms with Crippen LogP contribution in [0.5, 0.6) is 5.75 Å². The molecule has 0 spiro atoms. The molecular weight excluding hydrogens is 260 g/mol. The smallest absolute Gasteiger partial charge is 0.124 e. The number of hydrogen-bond donors (Lipinski definition) is 1. The first-order chi connectivity index (χ1) is 9.13. The third kappa shape index (κ3) is 3.41. The fourth-order valence-electron chi connectivity index (χ4n) is 2.53. The van der Waals surface area contributed by atoms with Gasteiger partial charge in [-0.1, -0.05) is 11.6 Å². The van der Waals surface area contributed by atoms with Crippen LogP contribution in [-0.4, -0.2) is 37.7 Å². The summed E-state index contributed by atoms with van der Waals surface area (Å²) in [6, 6.07) is 2.07. The molecule has 2 rings (SSSR count). The summed E-state index contributed by atoms with van der Waals surface area (Å²) in [6.45, 7) is 12.0. The van der Waals surface area contributed by atoms with Gasteiger partial charge in [0.1, 0.15) is 5.75 Å². The van der Waals surface area contributed by atoms with Crippen LogP contribution in [0, 0.1) is 13.8 Å². The fourth-order valence-corrected chi connectivity index (χ4v) is 2.70. The number of piperazine rings is 1. The molecule has 0 radical (unpaired) electrons. The van der Waals surface area contributed by atoms with Crippen molar-refractivity contribution in [3.63, 3.8) is 0 Å². The summed E-state index contributed by atoms with van der Waals surface area (Å²) >= 11 is 6.39. The predicted octanol–water partition coefficient (Wildman–Crippen LogP) is 2.76. The summed E-state index contributed by atoms with van der Waals surface area (Å²) < 4.78 is 5.79. The van der Waals surface area contributed by atoms with E-state index in [4.69, 9.17) is 16.3 Å². The number of hydrogen-bond acceptors (Lipinski definition) is 3. The molecule has 1 heterocycles. The highest BCUT2D eigenvalue weighted by molar-refractivity contribution is 6.32. The second kappa shape index (κ2) is 6.60. The number of halogens is 1. The van der Waals surface area contributed by atoms with Crippen LogP contribution in [0.4, 0.5) is 0 Å². The van der Waals surface area contributed by atoms with E-state index in [1.54, 1.807) is 0 Å². The lowest BCUT2D eigenvalue weighted by atomic mass is 10.0. The van der Waals surface area contributed by atoms with Gasteiger partial charge in [0.05, 0.1) is 6.61 Å². The van der Waals surface area contributed by atoms with Crippen LogP contribution in [0.15, 0.2) is 6.07 Å². The lowest BCUT2D eigenvalue weighted by molar-refractivity contribution is 0.228. The summed E-state index contributed by atoms with van der Waals surface area (Å²) in [6.07, 6.45) is 0. The molecule has 1 aliphatic heterocycles. The van der Waals surface area contributed by atoms with Crippen molar-refractivity contribution in [3.8, 4) is 5.75 Å². The van der Waals surface area contributed by atoms with Crippen molar-refractivity contribution < 1.29 is 4.74 Å². The number of rotatable bonds is 4. The number of nitrogens with one attached hydrogen (secondary N) is 1. The third-order valence-corrected chi connectivity index (χ3v) is 4.25. The molecule has 0 bridgehead atoms. The van der Waals surface area contributed by atoms with Crippen molar-refractivity contribution in [2.75, 3.05) is 32.8 Å². The topological polar surface area (TPSA) is 24.5 Å². The maximum Gasteiger partial charge on any atom is 0.124 e. The Morgan fingerprint density at radius 2 is 2.00 bits per heavy atom. The van der Waals surface area contributed by atoms with Gasteiger partial charge in [-0.05, 0) is 38.0 Å². The Morgan fingerprint density at radius 1 is 1.32 bits per heavy atom. The quantitative estimate of drug-likeness (QED) is 0.919. The lowest BCUT2D eigenvalue weighted by Gasteiger charge is -2.29.